The van der Waals surface area contributed by atoms with Crippen LogP contribution in [0.3, 0.4) is 0 Å². The van der Waals surface area contributed by atoms with Crippen LogP contribution in [0.15, 0.2) is 42.5 Å². The van der Waals surface area contributed by atoms with Gasteiger partial charge in [-0.15, -0.1) is 13.2 Å². The SMILES string of the molecule is COC(=O)c1cc(C(=O)NCc2ccc(OC(F)(F)F)cc2)cc([N+](=O)[O-])c1. The fourth-order valence-corrected chi connectivity index (χ4v) is 2.18. The van der Waals surface area contributed by atoms with Crippen LogP contribution in [0.4, 0.5) is 18.9 Å². The molecule has 0 bridgehead atoms. The van der Waals surface area contributed by atoms with Crippen molar-refractivity contribution in [2.24, 2.45) is 0 Å². The normalized spacial score (nSPS) is 10.9. The first-order valence-electron chi connectivity index (χ1n) is 7.60. The molecule has 1 N–H and O–H groups in total. The van der Waals surface area contributed by atoms with Crippen molar-refractivity contribution >= 4 is 17.6 Å². The third-order valence-electron chi connectivity index (χ3n) is 3.42. The molecule has 11 heteroatoms. The second kappa shape index (κ2) is 8.37. The number of esters is 1. The summed E-state index contributed by atoms with van der Waals surface area (Å²) in [5, 5.41) is 13.4. The van der Waals surface area contributed by atoms with Gasteiger partial charge in [-0.25, -0.2) is 4.79 Å². The van der Waals surface area contributed by atoms with Gasteiger partial charge < -0.3 is 14.8 Å². The highest BCUT2D eigenvalue weighted by Crippen LogP contribution is 2.23. The summed E-state index contributed by atoms with van der Waals surface area (Å²) in [7, 11) is 1.09. The minimum atomic E-state index is -4.81. The van der Waals surface area contributed by atoms with Crippen molar-refractivity contribution in [2.75, 3.05) is 7.11 Å². The fourth-order valence-electron chi connectivity index (χ4n) is 2.18. The Morgan fingerprint density at radius 1 is 1.11 bits per heavy atom. The lowest BCUT2D eigenvalue weighted by molar-refractivity contribution is -0.384. The van der Waals surface area contributed by atoms with Gasteiger partial charge in [0.15, 0.2) is 0 Å². The highest BCUT2D eigenvalue weighted by molar-refractivity contribution is 5.98. The lowest BCUT2D eigenvalue weighted by Crippen LogP contribution is -2.23. The molecule has 0 atom stereocenters. The van der Waals surface area contributed by atoms with Gasteiger partial charge in [-0.1, -0.05) is 12.1 Å². The second-order valence-corrected chi connectivity index (χ2v) is 5.39. The molecule has 2 aromatic rings. The van der Waals surface area contributed by atoms with Gasteiger partial charge in [0.05, 0.1) is 17.6 Å². The number of nitro groups is 1. The van der Waals surface area contributed by atoms with Crippen LogP contribution in [0.5, 0.6) is 5.75 Å². The Morgan fingerprint density at radius 3 is 2.25 bits per heavy atom. The summed E-state index contributed by atoms with van der Waals surface area (Å²) in [6.45, 7) is -0.0681. The summed E-state index contributed by atoms with van der Waals surface area (Å²) in [6, 6.07) is 7.89. The summed E-state index contributed by atoms with van der Waals surface area (Å²) in [6.07, 6.45) is -4.81. The number of hydrogen-bond acceptors (Lipinski definition) is 6. The van der Waals surface area contributed by atoms with Crippen molar-refractivity contribution in [3.8, 4) is 5.75 Å². The topological polar surface area (TPSA) is 108 Å². The number of alkyl halides is 3. The largest absolute Gasteiger partial charge is 0.573 e. The van der Waals surface area contributed by atoms with E-state index in [-0.39, 0.29) is 17.7 Å². The Kier molecular flexibility index (Phi) is 6.18. The van der Waals surface area contributed by atoms with Gasteiger partial charge in [0, 0.05) is 24.2 Å². The summed E-state index contributed by atoms with van der Waals surface area (Å²) in [5.41, 5.74) is -0.328. The Hall–Kier alpha value is -3.63. The number of carbonyl (C=O) groups is 2. The summed E-state index contributed by atoms with van der Waals surface area (Å²) in [4.78, 5) is 34.1. The summed E-state index contributed by atoms with van der Waals surface area (Å²) in [5.74, 6) is -1.98. The van der Waals surface area contributed by atoms with E-state index in [0.29, 0.717) is 5.56 Å². The zero-order valence-electron chi connectivity index (χ0n) is 14.3. The zero-order chi connectivity index (χ0) is 20.9. The molecular formula is C17H13F3N2O6. The molecule has 0 saturated heterocycles. The number of methoxy groups -OCH3 is 1. The number of non-ortho nitro benzene ring substituents is 1. The highest BCUT2D eigenvalue weighted by Gasteiger charge is 2.30. The molecular weight excluding hydrogens is 385 g/mol. The molecule has 0 saturated carbocycles. The van der Waals surface area contributed by atoms with Crippen LogP contribution >= 0.6 is 0 Å². The maximum Gasteiger partial charge on any atom is 0.573 e. The van der Waals surface area contributed by atoms with Gasteiger partial charge in [0.1, 0.15) is 5.75 Å². The summed E-state index contributed by atoms with van der Waals surface area (Å²) >= 11 is 0. The molecule has 0 heterocycles. The van der Waals surface area contributed by atoms with Crippen LogP contribution in [-0.2, 0) is 11.3 Å². The predicted molar refractivity (Wildman–Crippen MR) is 88.7 cm³/mol. The third kappa shape index (κ3) is 5.69. The Bertz CT molecular complexity index is 897. The molecule has 0 unspecified atom stereocenters. The molecule has 0 fully saturated rings. The van der Waals surface area contributed by atoms with E-state index in [9.17, 15) is 32.9 Å². The van der Waals surface area contributed by atoms with E-state index in [0.717, 1.165) is 37.4 Å². The average Bonchev–Trinajstić information content (AvgIpc) is 2.64. The van der Waals surface area contributed by atoms with Crippen molar-refractivity contribution in [1.29, 1.82) is 0 Å². The lowest BCUT2D eigenvalue weighted by atomic mass is 10.1. The first-order valence-corrected chi connectivity index (χ1v) is 7.60. The van der Waals surface area contributed by atoms with E-state index in [2.05, 4.69) is 14.8 Å². The standard InChI is InChI=1S/C17H13F3N2O6/c1-27-16(24)12-6-11(7-13(8-12)22(25)26)15(23)21-9-10-2-4-14(5-3-10)28-17(18,19)20/h2-8H,9H2,1H3,(H,21,23). The van der Waals surface area contributed by atoms with Crippen LogP contribution in [0.25, 0.3) is 0 Å². The average molecular weight is 398 g/mol. The second-order valence-electron chi connectivity index (χ2n) is 5.39. The number of nitrogens with zero attached hydrogens (tertiary/aromatic N) is 1. The van der Waals surface area contributed by atoms with Crippen molar-refractivity contribution in [3.05, 3.63) is 69.3 Å². The molecule has 0 radical (unpaired) electrons. The van der Waals surface area contributed by atoms with Gasteiger partial charge in [-0.2, -0.15) is 0 Å². The number of ether oxygens (including phenoxy) is 2. The number of amides is 1. The lowest BCUT2D eigenvalue weighted by Gasteiger charge is -2.10. The van der Waals surface area contributed by atoms with Crippen LogP contribution in [-0.4, -0.2) is 30.3 Å². The van der Waals surface area contributed by atoms with Gasteiger partial charge >= 0.3 is 12.3 Å². The van der Waals surface area contributed by atoms with Crippen molar-refractivity contribution in [2.45, 2.75) is 12.9 Å². The van der Waals surface area contributed by atoms with Crippen LogP contribution in [0.1, 0.15) is 26.3 Å². The number of halogens is 3. The number of carbonyl (C=O) groups excluding carboxylic acids is 2. The molecule has 8 nitrogen and oxygen atoms in total. The first kappa shape index (κ1) is 20.7. The molecule has 1 amide bonds. The molecule has 0 aromatic heterocycles. The highest BCUT2D eigenvalue weighted by atomic mass is 19.4. The zero-order valence-corrected chi connectivity index (χ0v) is 14.3. The Morgan fingerprint density at radius 2 is 1.71 bits per heavy atom. The fraction of sp³-hybridized carbons (Fsp3) is 0.176. The van der Waals surface area contributed by atoms with Crippen LogP contribution < -0.4 is 10.1 Å². The number of hydrogen-bond donors (Lipinski definition) is 1. The molecule has 148 valence electrons. The minimum absolute atomic E-state index is 0.0681. The van der Waals surface area contributed by atoms with E-state index in [1.54, 1.807) is 0 Å². The van der Waals surface area contributed by atoms with Crippen LogP contribution in [0, 0.1) is 10.1 Å². The van der Waals surface area contributed by atoms with Crippen molar-refractivity contribution < 1.29 is 37.2 Å². The summed E-state index contributed by atoms with van der Waals surface area (Å²) < 4.78 is 44.6. The molecule has 28 heavy (non-hydrogen) atoms. The third-order valence-corrected chi connectivity index (χ3v) is 3.42. The maximum absolute atomic E-state index is 12.3. The molecule has 0 aliphatic carbocycles. The minimum Gasteiger partial charge on any atom is -0.465 e. The number of rotatable bonds is 6. The van der Waals surface area contributed by atoms with Gasteiger partial charge in [0.2, 0.25) is 0 Å². The van der Waals surface area contributed by atoms with Gasteiger partial charge in [0.25, 0.3) is 11.6 Å². The predicted octanol–water partition coefficient (Wildman–Crippen LogP) is 3.21. The quantitative estimate of drug-likeness (QED) is 0.455. The maximum atomic E-state index is 12.3. The Labute approximate surface area is 156 Å². The van der Waals surface area contributed by atoms with Crippen LogP contribution in [0.2, 0.25) is 0 Å². The van der Waals surface area contributed by atoms with Crippen molar-refractivity contribution in [1.82, 2.24) is 5.32 Å². The smallest absolute Gasteiger partial charge is 0.465 e. The molecule has 0 aliphatic heterocycles. The molecule has 0 spiro atoms. The molecule has 0 aliphatic rings. The van der Waals surface area contributed by atoms with Crippen molar-refractivity contribution in [3.63, 3.8) is 0 Å². The van der Waals surface area contributed by atoms with E-state index < -0.39 is 34.6 Å². The van der Waals surface area contributed by atoms with E-state index >= 15 is 0 Å². The first-order chi connectivity index (χ1) is 13.1. The van der Waals surface area contributed by atoms with E-state index in [1.807, 2.05) is 0 Å². The molecule has 2 aromatic carbocycles. The number of benzene rings is 2. The number of nitrogens with one attached hydrogen (secondary N) is 1. The van der Waals surface area contributed by atoms with E-state index in [4.69, 9.17) is 0 Å². The Balaban J connectivity index is 2.11. The van der Waals surface area contributed by atoms with Gasteiger partial charge in [-0.3, -0.25) is 14.9 Å². The van der Waals surface area contributed by atoms with E-state index in [1.165, 1.54) is 12.1 Å². The number of nitro benzene ring substituents is 1. The monoisotopic (exact) mass is 398 g/mol. The molecule has 2 rings (SSSR count). The van der Waals surface area contributed by atoms with Gasteiger partial charge in [-0.05, 0) is 23.8 Å².